The van der Waals surface area contributed by atoms with E-state index >= 15 is 0 Å². The van der Waals surface area contributed by atoms with Crippen molar-refractivity contribution in [1.82, 2.24) is 10.2 Å². The molecule has 0 spiro atoms. The third kappa shape index (κ3) is 8.13. The molecule has 2 amide bonds. The third-order valence-electron chi connectivity index (χ3n) is 6.12. The number of ether oxygens (including phenoxy) is 1. The number of hydrogen-bond acceptors (Lipinski definition) is 3. The average Bonchev–Trinajstić information content (AvgIpc) is 2.88. The monoisotopic (exact) mass is 574 g/mol. The molecule has 3 rings (SSSR count). The van der Waals surface area contributed by atoms with Gasteiger partial charge in [0.2, 0.25) is 5.91 Å². The number of carbonyl (C=O) groups excluding carboxylic acids is 2. The summed E-state index contributed by atoms with van der Waals surface area (Å²) in [5, 5.41) is 4.49. The van der Waals surface area contributed by atoms with E-state index in [1.165, 1.54) is 4.90 Å². The highest BCUT2D eigenvalue weighted by molar-refractivity contribution is 6.36. The van der Waals surface area contributed by atoms with Gasteiger partial charge in [-0.2, -0.15) is 0 Å². The number of halogens is 3. The number of aryl methyl sites for hydroxylation is 2. The third-order valence-corrected chi connectivity index (χ3v) is 7.42. The molecule has 5 nitrogen and oxygen atoms in total. The number of nitrogens with zero attached hydrogens (tertiary/aromatic N) is 1. The van der Waals surface area contributed by atoms with Crippen LogP contribution in [-0.4, -0.2) is 35.9 Å². The van der Waals surface area contributed by atoms with E-state index in [0.29, 0.717) is 39.3 Å². The van der Waals surface area contributed by atoms with Crippen molar-refractivity contribution < 1.29 is 14.3 Å². The van der Waals surface area contributed by atoms with E-state index < -0.39 is 6.04 Å². The summed E-state index contributed by atoms with van der Waals surface area (Å²) < 4.78 is 5.89. The maximum Gasteiger partial charge on any atom is 0.261 e. The lowest BCUT2D eigenvalue weighted by Gasteiger charge is -2.32. The van der Waals surface area contributed by atoms with Gasteiger partial charge in [0.1, 0.15) is 11.8 Å². The molecule has 0 fully saturated rings. The summed E-state index contributed by atoms with van der Waals surface area (Å²) in [7, 11) is 0. The molecule has 0 aromatic heterocycles. The van der Waals surface area contributed by atoms with Crippen molar-refractivity contribution in [3.63, 3.8) is 0 Å². The molecule has 0 saturated heterocycles. The normalized spacial score (nSPS) is 11.8. The molecule has 1 unspecified atom stereocenters. The van der Waals surface area contributed by atoms with E-state index in [-0.39, 0.29) is 30.9 Å². The summed E-state index contributed by atoms with van der Waals surface area (Å²) >= 11 is 19.3. The smallest absolute Gasteiger partial charge is 0.261 e. The molecular formula is C30H33Cl3N2O3. The maximum atomic E-state index is 13.8. The first-order valence-electron chi connectivity index (χ1n) is 12.5. The summed E-state index contributed by atoms with van der Waals surface area (Å²) in [6.45, 7) is 8.05. The molecule has 38 heavy (non-hydrogen) atoms. The van der Waals surface area contributed by atoms with E-state index in [1.54, 1.807) is 30.3 Å². The molecule has 3 aromatic carbocycles. The lowest BCUT2D eigenvalue weighted by atomic mass is 10.0. The molecule has 0 aliphatic rings. The van der Waals surface area contributed by atoms with E-state index in [2.05, 4.69) is 5.32 Å². The number of hydrogen-bond donors (Lipinski definition) is 1. The predicted molar refractivity (Wildman–Crippen MR) is 155 cm³/mol. The van der Waals surface area contributed by atoms with Crippen LogP contribution in [0.25, 0.3) is 0 Å². The molecule has 1 atom stereocenters. The Kier molecular flexibility index (Phi) is 10.9. The standard InChI is InChI=1S/C30H33Cl3N2O3/c1-19(2)16-34-30(37)27(15-22-9-6-5-7-10-22)35(17-24-25(31)11-8-12-26(24)32)28(36)18-38-23-13-20(3)29(33)21(4)14-23/h5-14,19,27H,15-18H2,1-4H3,(H,34,37). The van der Waals surface area contributed by atoms with Gasteiger partial charge in [0.15, 0.2) is 6.61 Å². The molecule has 1 N–H and O–H groups in total. The highest BCUT2D eigenvalue weighted by Crippen LogP contribution is 2.28. The molecule has 0 heterocycles. The Balaban J connectivity index is 1.96. The van der Waals surface area contributed by atoms with Gasteiger partial charge in [-0.25, -0.2) is 0 Å². The second-order valence-electron chi connectivity index (χ2n) is 9.73. The van der Waals surface area contributed by atoms with Crippen LogP contribution in [0.15, 0.2) is 60.7 Å². The number of rotatable bonds is 11. The molecule has 202 valence electrons. The fraction of sp³-hybridized carbons (Fsp3) is 0.333. The van der Waals surface area contributed by atoms with Crippen molar-refractivity contribution in [2.75, 3.05) is 13.2 Å². The zero-order chi connectivity index (χ0) is 27.8. The SMILES string of the molecule is Cc1cc(OCC(=O)N(Cc2c(Cl)cccc2Cl)C(Cc2ccccc2)C(=O)NCC(C)C)cc(C)c1Cl. The first-order valence-corrected chi connectivity index (χ1v) is 13.6. The van der Waals surface area contributed by atoms with Gasteiger partial charge in [-0.1, -0.05) is 85.0 Å². The van der Waals surface area contributed by atoms with E-state index in [9.17, 15) is 9.59 Å². The quantitative estimate of drug-likeness (QED) is 0.266. The second kappa shape index (κ2) is 13.9. The van der Waals surface area contributed by atoms with Crippen molar-refractivity contribution >= 4 is 46.6 Å². The number of nitrogens with one attached hydrogen (secondary N) is 1. The summed E-state index contributed by atoms with van der Waals surface area (Å²) in [5.74, 6) is 0.152. The van der Waals surface area contributed by atoms with Gasteiger partial charge in [-0.15, -0.1) is 0 Å². The van der Waals surface area contributed by atoms with Crippen LogP contribution in [0.4, 0.5) is 0 Å². The van der Waals surface area contributed by atoms with Gasteiger partial charge in [0.25, 0.3) is 5.91 Å². The molecule has 3 aromatic rings. The maximum absolute atomic E-state index is 13.8. The summed E-state index contributed by atoms with van der Waals surface area (Å²) in [4.78, 5) is 28.8. The van der Waals surface area contributed by atoms with E-state index in [1.807, 2.05) is 58.0 Å². The van der Waals surface area contributed by atoms with Gasteiger partial charge in [0.05, 0.1) is 0 Å². The molecule has 0 aliphatic carbocycles. The minimum atomic E-state index is -0.812. The molecule has 0 saturated carbocycles. The number of benzene rings is 3. The Morgan fingerprint density at radius 1 is 0.921 bits per heavy atom. The Morgan fingerprint density at radius 3 is 2.11 bits per heavy atom. The van der Waals surface area contributed by atoms with Gasteiger partial charge < -0.3 is 15.0 Å². The lowest BCUT2D eigenvalue weighted by molar-refractivity contribution is -0.142. The van der Waals surface area contributed by atoms with Crippen LogP contribution in [0.1, 0.15) is 36.1 Å². The Hall–Kier alpha value is -2.73. The molecular weight excluding hydrogens is 543 g/mol. The molecule has 8 heteroatoms. The lowest BCUT2D eigenvalue weighted by Crippen LogP contribution is -2.52. The summed E-state index contributed by atoms with van der Waals surface area (Å²) in [5.41, 5.74) is 3.19. The first kappa shape index (κ1) is 29.8. The molecule has 0 bridgehead atoms. The zero-order valence-corrected chi connectivity index (χ0v) is 24.3. The average molecular weight is 576 g/mol. The Bertz CT molecular complexity index is 1220. The van der Waals surface area contributed by atoms with Crippen LogP contribution in [0, 0.1) is 19.8 Å². The van der Waals surface area contributed by atoms with Crippen LogP contribution in [-0.2, 0) is 22.6 Å². The molecule has 0 aliphatic heterocycles. The fourth-order valence-corrected chi connectivity index (χ4v) is 4.67. The van der Waals surface area contributed by atoms with E-state index in [0.717, 1.165) is 16.7 Å². The van der Waals surface area contributed by atoms with Crippen molar-refractivity contribution in [3.8, 4) is 5.75 Å². The summed E-state index contributed by atoms with van der Waals surface area (Å²) in [6, 6.07) is 17.5. The van der Waals surface area contributed by atoms with Crippen LogP contribution < -0.4 is 10.1 Å². The van der Waals surface area contributed by atoms with E-state index in [4.69, 9.17) is 39.5 Å². The highest BCUT2D eigenvalue weighted by atomic mass is 35.5. The summed E-state index contributed by atoms with van der Waals surface area (Å²) in [6.07, 6.45) is 0.317. The van der Waals surface area contributed by atoms with Gasteiger partial charge in [-0.05, 0) is 60.7 Å². The van der Waals surface area contributed by atoms with Crippen molar-refractivity contribution in [2.45, 2.75) is 46.7 Å². The van der Waals surface area contributed by atoms with Gasteiger partial charge in [-0.3, -0.25) is 9.59 Å². The predicted octanol–water partition coefficient (Wildman–Crippen LogP) is 7.05. The topological polar surface area (TPSA) is 58.6 Å². The number of carbonyl (C=O) groups is 2. The highest BCUT2D eigenvalue weighted by Gasteiger charge is 2.31. The first-order chi connectivity index (χ1) is 18.1. The van der Waals surface area contributed by atoms with Crippen molar-refractivity contribution in [1.29, 1.82) is 0 Å². The van der Waals surface area contributed by atoms with Crippen LogP contribution in [0.3, 0.4) is 0 Å². The van der Waals surface area contributed by atoms with Gasteiger partial charge in [0, 0.05) is 40.1 Å². The van der Waals surface area contributed by atoms with Crippen LogP contribution >= 0.6 is 34.8 Å². The Morgan fingerprint density at radius 2 is 1.53 bits per heavy atom. The van der Waals surface area contributed by atoms with Crippen molar-refractivity contribution in [2.24, 2.45) is 5.92 Å². The molecule has 0 radical (unpaired) electrons. The van der Waals surface area contributed by atoms with Crippen molar-refractivity contribution in [3.05, 3.63) is 98.0 Å². The fourth-order valence-electron chi connectivity index (χ4n) is 4.05. The van der Waals surface area contributed by atoms with Crippen LogP contribution in [0.2, 0.25) is 15.1 Å². The largest absolute Gasteiger partial charge is 0.484 e. The van der Waals surface area contributed by atoms with Gasteiger partial charge >= 0.3 is 0 Å². The van der Waals surface area contributed by atoms with Crippen LogP contribution in [0.5, 0.6) is 5.75 Å². The minimum absolute atomic E-state index is 0.0476. The Labute approximate surface area is 240 Å². The minimum Gasteiger partial charge on any atom is -0.484 e. The number of amides is 2. The zero-order valence-electron chi connectivity index (χ0n) is 22.1. The second-order valence-corrected chi connectivity index (χ2v) is 10.9.